The third-order valence-corrected chi connectivity index (χ3v) is 3.74. The summed E-state index contributed by atoms with van der Waals surface area (Å²) in [6, 6.07) is 3.14. The molecule has 1 aromatic rings. The highest BCUT2D eigenvalue weighted by atomic mass is 35.5. The van der Waals surface area contributed by atoms with Gasteiger partial charge in [0.1, 0.15) is 0 Å². The normalized spacial score (nSPS) is 21.0. The van der Waals surface area contributed by atoms with E-state index in [9.17, 15) is 9.90 Å². The predicted molar refractivity (Wildman–Crippen MR) is 75.6 cm³/mol. The Kier molecular flexibility index (Phi) is 4.73. The van der Waals surface area contributed by atoms with E-state index in [0.717, 1.165) is 12.8 Å². The van der Waals surface area contributed by atoms with Crippen molar-refractivity contribution >= 4 is 17.5 Å². The SMILES string of the molecule is COc1cc(C(=O)NCC2CC(O)C2)cc(Cl)c1OC. The number of nitrogens with one attached hydrogen (secondary N) is 1. The first kappa shape index (κ1) is 14.9. The molecular weight excluding hydrogens is 282 g/mol. The van der Waals surface area contributed by atoms with Crippen LogP contribution in [0.2, 0.25) is 5.02 Å². The summed E-state index contributed by atoms with van der Waals surface area (Å²) in [5, 5.41) is 12.4. The molecule has 1 fully saturated rings. The Bertz CT molecular complexity index is 500. The number of halogens is 1. The smallest absolute Gasteiger partial charge is 0.251 e. The van der Waals surface area contributed by atoms with Crippen LogP contribution in [-0.4, -0.2) is 37.9 Å². The van der Waals surface area contributed by atoms with Crippen molar-refractivity contribution in [2.45, 2.75) is 18.9 Å². The molecule has 0 unspecified atom stereocenters. The van der Waals surface area contributed by atoms with Crippen LogP contribution in [0.15, 0.2) is 12.1 Å². The van der Waals surface area contributed by atoms with E-state index in [-0.39, 0.29) is 12.0 Å². The molecule has 1 aliphatic carbocycles. The molecule has 0 heterocycles. The summed E-state index contributed by atoms with van der Waals surface area (Å²) in [6.45, 7) is 0.557. The lowest BCUT2D eigenvalue weighted by atomic mass is 9.82. The van der Waals surface area contributed by atoms with E-state index in [2.05, 4.69) is 5.32 Å². The number of rotatable bonds is 5. The Hall–Kier alpha value is -1.46. The highest BCUT2D eigenvalue weighted by molar-refractivity contribution is 6.32. The highest BCUT2D eigenvalue weighted by Crippen LogP contribution is 2.36. The van der Waals surface area contributed by atoms with Crippen molar-refractivity contribution in [3.63, 3.8) is 0 Å². The molecule has 0 atom stereocenters. The largest absolute Gasteiger partial charge is 0.493 e. The third-order valence-electron chi connectivity index (χ3n) is 3.46. The summed E-state index contributed by atoms with van der Waals surface area (Å²) in [5.74, 6) is 0.968. The van der Waals surface area contributed by atoms with Gasteiger partial charge in [0.05, 0.1) is 25.3 Å². The number of ether oxygens (including phenoxy) is 2. The van der Waals surface area contributed by atoms with E-state index in [1.54, 1.807) is 12.1 Å². The molecule has 20 heavy (non-hydrogen) atoms. The number of aliphatic hydroxyl groups is 1. The van der Waals surface area contributed by atoms with Crippen molar-refractivity contribution in [3.8, 4) is 11.5 Å². The summed E-state index contributed by atoms with van der Waals surface area (Å²) in [4.78, 5) is 12.1. The van der Waals surface area contributed by atoms with Crippen molar-refractivity contribution in [3.05, 3.63) is 22.7 Å². The number of benzene rings is 1. The van der Waals surface area contributed by atoms with Crippen LogP contribution in [0, 0.1) is 5.92 Å². The number of carbonyl (C=O) groups is 1. The maximum absolute atomic E-state index is 12.1. The average Bonchev–Trinajstić information content (AvgIpc) is 2.40. The zero-order valence-electron chi connectivity index (χ0n) is 11.5. The maximum Gasteiger partial charge on any atom is 0.251 e. The topological polar surface area (TPSA) is 67.8 Å². The highest BCUT2D eigenvalue weighted by Gasteiger charge is 2.27. The third kappa shape index (κ3) is 3.16. The molecule has 1 saturated carbocycles. The fourth-order valence-electron chi connectivity index (χ4n) is 2.26. The fraction of sp³-hybridized carbons (Fsp3) is 0.500. The van der Waals surface area contributed by atoms with E-state index < -0.39 is 0 Å². The van der Waals surface area contributed by atoms with Gasteiger partial charge in [0.2, 0.25) is 0 Å². The maximum atomic E-state index is 12.1. The molecule has 0 spiro atoms. The Morgan fingerprint density at radius 3 is 2.65 bits per heavy atom. The first-order chi connectivity index (χ1) is 9.55. The van der Waals surface area contributed by atoms with E-state index in [1.165, 1.54) is 14.2 Å². The van der Waals surface area contributed by atoms with Crippen LogP contribution >= 0.6 is 11.6 Å². The molecule has 2 N–H and O–H groups in total. The van der Waals surface area contributed by atoms with Gasteiger partial charge >= 0.3 is 0 Å². The van der Waals surface area contributed by atoms with Gasteiger partial charge in [-0.15, -0.1) is 0 Å². The monoisotopic (exact) mass is 299 g/mol. The van der Waals surface area contributed by atoms with Crippen LogP contribution in [-0.2, 0) is 0 Å². The molecule has 0 aromatic heterocycles. The van der Waals surface area contributed by atoms with Gasteiger partial charge in [-0.2, -0.15) is 0 Å². The van der Waals surface area contributed by atoms with E-state index >= 15 is 0 Å². The number of amides is 1. The average molecular weight is 300 g/mol. The molecule has 1 aromatic carbocycles. The molecule has 0 radical (unpaired) electrons. The van der Waals surface area contributed by atoms with Crippen molar-refractivity contribution in [1.82, 2.24) is 5.32 Å². The van der Waals surface area contributed by atoms with Crippen molar-refractivity contribution in [2.75, 3.05) is 20.8 Å². The Labute approximate surface area is 122 Å². The lowest BCUT2D eigenvalue weighted by molar-refractivity contribution is 0.0420. The molecule has 1 aliphatic rings. The van der Waals surface area contributed by atoms with Gasteiger partial charge in [-0.3, -0.25) is 4.79 Å². The van der Waals surface area contributed by atoms with E-state index in [0.29, 0.717) is 34.5 Å². The number of carbonyl (C=O) groups excluding carboxylic acids is 1. The molecule has 6 heteroatoms. The quantitative estimate of drug-likeness (QED) is 0.871. The van der Waals surface area contributed by atoms with Crippen LogP contribution in [0.25, 0.3) is 0 Å². The standard InChI is InChI=1S/C14H18ClNO4/c1-19-12-6-9(5-11(15)13(12)20-2)14(18)16-7-8-3-10(17)4-8/h5-6,8,10,17H,3-4,7H2,1-2H3,(H,16,18). The minimum absolute atomic E-state index is 0.214. The molecule has 1 amide bonds. The van der Waals surface area contributed by atoms with E-state index in [4.69, 9.17) is 21.1 Å². The van der Waals surface area contributed by atoms with Crippen molar-refractivity contribution in [1.29, 1.82) is 0 Å². The van der Waals surface area contributed by atoms with Gasteiger partial charge in [-0.05, 0) is 30.9 Å². The summed E-state index contributed by atoms with van der Waals surface area (Å²) < 4.78 is 10.3. The van der Waals surface area contributed by atoms with Crippen LogP contribution < -0.4 is 14.8 Å². The van der Waals surface area contributed by atoms with Gasteiger partial charge in [0, 0.05) is 12.1 Å². The summed E-state index contributed by atoms with van der Waals surface area (Å²) in [6.07, 6.45) is 1.27. The fourth-order valence-corrected chi connectivity index (χ4v) is 2.54. The summed E-state index contributed by atoms with van der Waals surface area (Å²) in [5.41, 5.74) is 0.424. The second-order valence-corrected chi connectivity index (χ2v) is 5.30. The summed E-state index contributed by atoms with van der Waals surface area (Å²) in [7, 11) is 2.98. The Morgan fingerprint density at radius 1 is 1.40 bits per heavy atom. The van der Waals surface area contributed by atoms with Gasteiger partial charge < -0.3 is 19.9 Å². The van der Waals surface area contributed by atoms with Crippen LogP contribution in [0.3, 0.4) is 0 Å². The lowest BCUT2D eigenvalue weighted by Gasteiger charge is -2.31. The number of aliphatic hydroxyl groups excluding tert-OH is 1. The van der Waals surface area contributed by atoms with Crippen LogP contribution in [0.4, 0.5) is 0 Å². The summed E-state index contributed by atoms with van der Waals surface area (Å²) >= 11 is 6.06. The first-order valence-corrected chi connectivity index (χ1v) is 6.80. The molecule has 0 aliphatic heterocycles. The van der Waals surface area contributed by atoms with Gasteiger partial charge in [0.25, 0.3) is 5.91 Å². The van der Waals surface area contributed by atoms with Gasteiger partial charge in [-0.25, -0.2) is 0 Å². The molecule has 2 rings (SSSR count). The Balaban J connectivity index is 2.04. The lowest BCUT2D eigenvalue weighted by Crippen LogP contribution is -2.38. The van der Waals surface area contributed by atoms with Gasteiger partial charge in [-0.1, -0.05) is 11.6 Å². The minimum Gasteiger partial charge on any atom is -0.493 e. The zero-order valence-corrected chi connectivity index (χ0v) is 12.2. The molecule has 0 saturated heterocycles. The molecule has 0 bridgehead atoms. The molecular formula is C14H18ClNO4. The van der Waals surface area contributed by atoms with Crippen LogP contribution in [0.5, 0.6) is 11.5 Å². The van der Waals surface area contributed by atoms with E-state index in [1.807, 2.05) is 0 Å². The number of hydrogen-bond acceptors (Lipinski definition) is 4. The number of hydrogen-bond donors (Lipinski definition) is 2. The Morgan fingerprint density at radius 2 is 2.10 bits per heavy atom. The zero-order chi connectivity index (χ0) is 14.7. The molecule has 110 valence electrons. The van der Waals surface area contributed by atoms with Crippen molar-refractivity contribution in [2.24, 2.45) is 5.92 Å². The molecule has 5 nitrogen and oxygen atoms in total. The number of methoxy groups -OCH3 is 2. The second-order valence-electron chi connectivity index (χ2n) is 4.89. The predicted octanol–water partition coefficient (Wildman–Crippen LogP) is 1.86. The van der Waals surface area contributed by atoms with Crippen LogP contribution in [0.1, 0.15) is 23.2 Å². The second kappa shape index (κ2) is 6.33. The minimum atomic E-state index is -0.215. The first-order valence-electron chi connectivity index (χ1n) is 6.43. The van der Waals surface area contributed by atoms with Crippen molar-refractivity contribution < 1.29 is 19.4 Å². The van der Waals surface area contributed by atoms with Gasteiger partial charge in [0.15, 0.2) is 11.5 Å².